The Bertz CT molecular complexity index is 2480. The van der Waals surface area contributed by atoms with E-state index in [1.54, 1.807) is 23.7 Å². The molecule has 5 aromatic heterocycles. The van der Waals surface area contributed by atoms with Gasteiger partial charge in [0.25, 0.3) is 0 Å². The Kier molecular flexibility index (Phi) is 6.25. The molecule has 0 saturated heterocycles. The minimum absolute atomic E-state index is 0.913. The molecule has 4 aromatic carbocycles. The molecule has 0 N–H and O–H groups in total. The van der Waals surface area contributed by atoms with Crippen LogP contribution in [-0.2, 0) is 0 Å². The molecule has 9 rings (SSSR count). The molecular formula is C40H25N5S. The highest BCUT2D eigenvalue weighted by Crippen LogP contribution is 2.40. The van der Waals surface area contributed by atoms with Crippen molar-refractivity contribution in [1.82, 2.24) is 24.5 Å². The lowest BCUT2D eigenvalue weighted by Gasteiger charge is -2.16. The number of rotatable bonds is 5. The summed E-state index contributed by atoms with van der Waals surface area (Å²) in [6, 6.07) is 42.7. The number of para-hydroxylation sites is 2. The van der Waals surface area contributed by atoms with Gasteiger partial charge in [-0.2, -0.15) is 0 Å². The van der Waals surface area contributed by atoms with Crippen molar-refractivity contribution in [2.45, 2.75) is 0 Å². The average molecular weight is 608 g/mol. The second-order valence-electron chi connectivity index (χ2n) is 11.2. The first-order chi connectivity index (χ1) is 22.8. The Morgan fingerprint density at radius 1 is 0.522 bits per heavy atom. The maximum absolute atomic E-state index is 4.98. The summed E-state index contributed by atoms with van der Waals surface area (Å²) in [6.45, 7) is 0. The summed E-state index contributed by atoms with van der Waals surface area (Å²) in [4.78, 5) is 18.3. The fourth-order valence-corrected chi connectivity index (χ4v) is 7.25. The van der Waals surface area contributed by atoms with Crippen molar-refractivity contribution in [3.05, 3.63) is 152 Å². The van der Waals surface area contributed by atoms with Gasteiger partial charge in [0.15, 0.2) is 0 Å². The van der Waals surface area contributed by atoms with Gasteiger partial charge >= 0.3 is 0 Å². The summed E-state index contributed by atoms with van der Waals surface area (Å²) in [5, 5.41) is 3.42. The molecule has 0 unspecified atom stereocenters. The SMILES string of the molecule is c1ccc2sc(-c3ccc4c5ccccc5n(-c5cc(-c6ccc(-c7ccncc7)cn6)ccc5-c5ccncc5)c4c3)nc2c1. The van der Waals surface area contributed by atoms with Gasteiger partial charge in [0.2, 0.25) is 0 Å². The van der Waals surface area contributed by atoms with E-state index in [0.29, 0.717) is 0 Å². The van der Waals surface area contributed by atoms with E-state index in [0.717, 1.165) is 66.3 Å². The van der Waals surface area contributed by atoms with Gasteiger partial charge in [-0.25, -0.2) is 4.98 Å². The fraction of sp³-hybridized carbons (Fsp3) is 0. The number of benzene rings is 4. The molecule has 0 bridgehead atoms. The third-order valence-corrected chi connectivity index (χ3v) is 9.60. The summed E-state index contributed by atoms with van der Waals surface area (Å²) >= 11 is 1.73. The molecule has 9 aromatic rings. The van der Waals surface area contributed by atoms with Gasteiger partial charge < -0.3 is 4.57 Å². The summed E-state index contributed by atoms with van der Waals surface area (Å²) in [6.07, 6.45) is 9.25. The Hall–Kier alpha value is -5.98. The van der Waals surface area contributed by atoms with Crippen LogP contribution in [0.4, 0.5) is 0 Å². The highest BCUT2D eigenvalue weighted by atomic mass is 32.1. The van der Waals surface area contributed by atoms with Crippen LogP contribution < -0.4 is 0 Å². The van der Waals surface area contributed by atoms with Gasteiger partial charge in [0, 0.05) is 64.0 Å². The first kappa shape index (κ1) is 26.4. The number of aromatic nitrogens is 5. The zero-order valence-electron chi connectivity index (χ0n) is 24.6. The Morgan fingerprint density at radius 3 is 2.04 bits per heavy atom. The maximum Gasteiger partial charge on any atom is 0.124 e. The lowest BCUT2D eigenvalue weighted by Crippen LogP contribution is -1.99. The highest BCUT2D eigenvalue weighted by Gasteiger charge is 2.18. The predicted molar refractivity (Wildman–Crippen MR) is 189 cm³/mol. The van der Waals surface area contributed by atoms with Crippen LogP contribution in [-0.4, -0.2) is 24.5 Å². The molecule has 0 amide bonds. The molecule has 0 aliphatic heterocycles. The second kappa shape index (κ2) is 10.9. The summed E-state index contributed by atoms with van der Waals surface area (Å²) in [5.41, 5.74) is 11.8. The van der Waals surface area contributed by atoms with E-state index in [9.17, 15) is 0 Å². The van der Waals surface area contributed by atoms with E-state index >= 15 is 0 Å². The quantitative estimate of drug-likeness (QED) is 0.195. The lowest BCUT2D eigenvalue weighted by atomic mass is 10.00. The van der Waals surface area contributed by atoms with E-state index in [-0.39, 0.29) is 0 Å². The minimum atomic E-state index is 0.913. The smallest absolute Gasteiger partial charge is 0.124 e. The normalized spacial score (nSPS) is 11.5. The summed E-state index contributed by atoms with van der Waals surface area (Å²) in [5.74, 6) is 0. The molecule has 0 spiro atoms. The fourth-order valence-electron chi connectivity index (χ4n) is 6.29. The first-order valence-electron chi connectivity index (χ1n) is 15.1. The average Bonchev–Trinajstić information content (AvgIpc) is 3.71. The van der Waals surface area contributed by atoms with Crippen LogP contribution in [0.25, 0.3) is 81.8 Å². The summed E-state index contributed by atoms with van der Waals surface area (Å²) in [7, 11) is 0. The van der Waals surface area contributed by atoms with Gasteiger partial charge in [0.05, 0.1) is 32.6 Å². The minimum Gasteiger partial charge on any atom is -0.309 e. The van der Waals surface area contributed by atoms with Crippen LogP contribution in [0.1, 0.15) is 0 Å². The van der Waals surface area contributed by atoms with Crippen LogP contribution in [0, 0.1) is 0 Å². The molecule has 0 aliphatic rings. The predicted octanol–water partition coefficient (Wildman–Crippen LogP) is 10.2. The Balaban J connectivity index is 1.27. The number of hydrogen-bond donors (Lipinski definition) is 0. The van der Waals surface area contributed by atoms with Crippen LogP contribution in [0.15, 0.2) is 152 Å². The lowest BCUT2D eigenvalue weighted by molar-refractivity contribution is 1.18. The van der Waals surface area contributed by atoms with Crippen LogP contribution in [0.3, 0.4) is 0 Å². The van der Waals surface area contributed by atoms with Gasteiger partial charge in [-0.15, -0.1) is 11.3 Å². The molecule has 46 heavy (non-hydrogen) atoms. The van der Waals surface area contributed by atoms with Crippen molar-refractivity contribution in [2.24, 2.45) is 0 Å². The maximum atomic E-state index is 4.98. The highest BCUT2D eigenvalue weighted by molar-refractivity contribution is 7.21. The van der Waals surface area contributed by atoms with Gasteiger partial charge in [-0.3, -0.25) is 15.0 Å². The molecule has 5 heterocycles. The second-order valence-corrected chi connectivity index (χ2v) is 12.2. The van der Waals surface area contributed by atoms with Crippen molar-refractivity contribution in [2.75, 3.05) is 0 Å². The largest absolute Gasteiger partial charge is 0.309 e. The van der Waals surface area contributed by atoms with Crippen molar-refractivity contribution in [3.63, 3.8) is 0 Å². The van der Waals surface area contributed by atoms with E-state index < -0.39 is 0 Å². The topological polar surface area (TPSA) is 56.5 Å². The Labute approximate surface area is 269 Å². The van der Waals surface area contributed by atoms with Crippen LogP contribution >= 0.6 is 11.3 Å². The molecule has 5 nitrogen and oxygen atoms in total. The molecule has 216 valence electrons. The molecule has 0 atom stereocenters. The number of nitrogens with zero attached hydrogens (tertiary/aromatic N) is 5. The first-order valence-corrected chi connectivity index (χ1v) is 15.9. The monoisotopic (exact) mass is 607 g/mol. The number of thiazole rings is 1. The number of pyridine rings is 3. The van der Waals surface area contributed by atoms with E-state index in [1.165, 1.54) is 15.5 Å². The third kappa shape index (κ3) is 4.47. The molecular weight excluding hydrogens is 583 g/mol. The standard InChI is InChI=1S/C40H25N5S/c1-3-7-36-32(5-1)33-13-10-29(40-44-35-6-2-4-8-39(35)46-40)24-38(33)45(36)37-23-28(9-12-31(37)27-17-21-42-22-18-27)34-14-11-30(25-43-34)26-15-19-41-20-16-26/h1-25H. The summed E-state index contributed by atoms with van der Waals surface area (Å²) < 4.78 is 3.58. The van der Waals surface area contributed by atoms with Gasteiger partial charge in [-0.05, 0) is 71.8 Å². The van der Waals surface area contributed by atoms with Crippen LogP contribution in [0.2, 0.25) is 0 Å². The molecule has 0 saturated carbocycles. The number of fused-ring (bicyclic) bond motifs is 4. The van der Waals surface area contributed by atoms with Crippen molar-refractivity contribution in [1.29, 1.82) is 0 Å². The zero-order chi connectivity index (χ0) is 30.5. The van der Waals surface area contributed by atoms with E-state index in [2.05, 4.69) is 118 Å². The Morgan fingerprint density at radius 2 is 1.24 bits per heavy atom. The molecule has 6 heteroatoms. The third-order valence-electron chi connectivity index (χ3n) is 8.52. The van der Waals surface area contributed by atoms with Gasteiger partial charge in [0.1, 0.15) is 5.01 Å². The van der Waals surface area contributed by atoms with Crippen LogP contribution in [0.5, 0.6) is 0 Å². The van der Waals surface area contributed by atoms with Crippen molar-refractivity contribution >= 4 is 43.4 Å². The molecule has 0 radical (unpaired) electrons. The number of hydrogen-bond acceptors (Lipinski definition) is 5. The van der Waals surface area contributed by atoms with E-state index in [1.807, 2.05) is 36.8 Å². The molecule has 0 fully saturated rings. The molecule has 0 aliphatic carbocycles. The van der Waals surface area contributed by atoms with Crippen molar-refractivity contribution in [3.8, 4) is 49.8 Å². The van der Waals surface area contributed by atoms with E-state index in [4.69, 9.17) is 9.97 Å². The van der Waals surface area contributed by atoms with Gasteiger partial charge in [-0.1, -0.05) is 60.7 Å². The van der Waals surface area contributed by atoms with Crippen molar-refractivity contribution < 1.29 is 0 Å². The zero-order valence-corrected chi connectivity index (χ0v) is 25.4.